The van der Waals surface area contributed by atoms with Gasteiger partial charge >= 0.3 is 0 Å². The number of aromatic nitrogens is 4. The SMILES string of the molecule is c1ccc(-c2nc(-c3ccccc3)nc(-c3cccc4sc5ccc(-c6ccc(-c7nc8ccccc8s7)cc6)cc5c34)n2)cc1. The molecule has 0 bridgehead atoms. The third-order valence-electron chi connectivity index (χ3n) is 8.19. The average Bonchev–Trinajstić information content (AvgIpc) is 3.74. The molecule has 0 saturated carbocycles. The van der Waals surface area contributed by atoms with Gasteiger partial charge in [-0.1, -0.05) is 115 Å². The molecule has 216 valence electrons. The molecular weight excluding hydrogens is 601 g/mol. The molecule has 0 aliphatic rings. The first-order valence-corrected chi connectivity index (χ1v) is 16.7. The lowest BCUT2D eigenvalue weighted by Crippen LogP contribution is -2.00. The van der Waals surface area contributed by atoms with Crippen LogP contribution >= 0.6 is 22.7 Å². The predicted molar refractivity (Wildman–Crippen MR) is 193 cm³/mol. The molecule has 3 aromatic heterocycles. The van der Waals surface area contributed by atoms with Crippen molar-refractivity contribution >= 4 is 53.1 Å². The molecule has 0 fully saturated rings. The van der Waals surface area contributed by atoms with Gasteiger partial charge in [0.1, 0.15) is 5.01 Å². The van der Waals surface area contributed by atoms with Crippen LogP contribution in [-0.2, 0) is 0 Å². The van der Waals surface area contributed by atoms with Gasteiger partial charge < -0.3 is 0 Å². The topological polar surface area (TPSA) is 51.6 Å². The molecule has 0 amide bonds. The Balaban J connectivity index is 1.17. The molecule has 0 radical (unpaired) electrons. The van der Waals surface area contributed by atoms with Crippen molar-refractivity contribution in [2.45, 2.75) is 0 Å². The van der Waals surface area contributed by atoms with E-state index in [1.165, 1.54) is 36.0 Å². The lowest BCUT2D eigenvalue weighted by molar-refractivity contribution is 1.08. The number of nitrogens with zero attached hydrogens (tertiary/aromatic N) is 4. The largest absolute Gasteiger partial charge is 0.236 e. The van der Waals surface area contributed by atoms with Crippen LogP contribution < -0.4 is 0 Å². The predicted octanol–water partition coefficient (Wildman–Crippen LogP) is 11.2. The molecule has 0 unspecified atom stereocenters. The number of thiophene rings is 1. The highest BCUT2D eigenvalue weighted by Gasteiger charge is 2.17. The van der Waals surface area contributed by atoms with Gasteiger partial charge in [0, 0.05) is 42.4 Å². The fourth-order valence-electron chi connectivity index (χ4n) is 5.92. The maximum atomic E-state index is 5.05. The Kier molecular flexibility index (Phi) is 6.47. The Morgan fingerprint density at radius 3 is 1.70 bits per heavy atom. The zero-order valence-corrected chi connectivity index (χ0v) is 26.1. The van der Waals surface area contributed by atoms with Crippen molar-refractivity contribution < 1.29 is 0 Å². The van der Waals surface area contributed by atoms with Gasteiger partial charge in [-0.2, -0.15) is 0 Å². The Morgan fingerprint density at radius 1 is 0.370 bits per heavy atom. The highest BCUT2D eigenvalue weighted by Crippen LogP contribution is 2.41. The summed E-state index contributed by atoms with van der Waals surface area (Å²) in [4.78, 5) is 19.8. The minimum atomic E-state index is 0.662. The number of hydrogen-bond donors (Lipinski definition) is 0. The molecule has 6 heteroatoms. The molecule has 4 nitrogen and oxygen atoms in total. The second kappa shape index (κ2) is 11.1. The lowest BCUT2D eigenvalue weighted by atomic mass is 10.00. The van der Waals surface area contributed by atoms with Crippen LogP contribution in [0.5, 0.6) is 0 Å². The van der Waals surface area contributed by atoms with Gasteiger partial charge in [-0.25, -0.2) is 19.9 Å². The van der Waals surface area contributed by atoms with Crippen LogP contribution in [0.15, 0.2) is 146 Å². The minimum absolute atomic E-state index is 0.662. The van der Waals surface area contributed by atoms with Gasteiger partial charge in [0.25, 0.3) is 0 Å². The number of rotatable bonds is 5. The van der Waals surface area contributed by atoms with Crippen LogP contribution in [0.3, 0.4) is 0 Å². The van der Waals surface area contributed by atoms with Crippen LogP contribution in [0.25, 0.3) is 86.3 Å². The highest BCUT2D eigenvalue weighted by molar-refractivity contribution is 7.26. The van der Waals surface area contributed by atoms with Crippen molar-refractivity contribution in [1.29, 1.82) is 0 Å². The Morgan fingerprint density at radius 2 is 0.978 bits per heavy atom. The van der Waals surface area contributed by atoms with E-state index in [4.69, 9.17) is 19.9 Å². The maximum Gasteiger partial charge on any atom is 0.164 e. The molecule has 0 aliphatic heterocycles. The van der Waals surface area contributed by atoms with Gasteiger partial charge in [0.2, 0.25) is 0 Å². The van der Waals surface area contributed by atoms with E-state index in [2.05, 4.69) is 78.9 Å². The Bertz CT molecular complexity index is 2430. The smallest absolute Gasteiger partial charge is 0.164 e. The molecule has 9 aromatic rings. The van der Waals surface area contributed by atoms with Crippen LogP contribution in [-0.4, -0.2) is 19.9 Å². The van der Waals surface area contributed by atoms with Gasteiger partial charge in [0.05, 0.1) is 10.2 Å². The van der Waals surface area contributed by atoms with E-state index in [1.807, 2.05) is 66.7 Å². The number of hydrogen-bond acceptors (Lipinski definition) is 6. The number of para-hydroxylation sites is 1. The first-order valence-electron chi connectivity index (χ1n) is 15.1. The van der Waals surface area contributed by atoms with E-state index in [9.17, 15) is 0 Å². The van der Waals surface area contributed by atoms with Crippen LogP contribution in [0.4, 0.5) is 0 Å². The van der Waals surface area contributed by atoms with E-state index in [1.54, 1.807) is 22.7 Å². The normalized spacial score (nSPS) is 11.5. The third-order valence-corrected chi connectivity index (χ3v) is 10.4. The summed E-state index contributed by atoms with van der Waals surface area (Å²) >= 11 is 3.53. The van der Waals surface area contributed by atoms with Crippen molar-refractivity contribution in [1.82, 2.24) is 19.9 Å². The van der Waals surface area contributed by atoms with E-state index in [-0.39, 0.29) is 0 Å². The summed E-state index contributed by atoms with van der Waals surface area (Å²) < 4.78 is 3.65. The first kappa shape index (κ1) is 26.8. The molecule has 3 heterocycles. The lowest BCUT2D eigenvalue weighted by Gasteiger charge is -2.10. The quantitative estimate of drug-likeness (QED) is 0.191. The summed E-state index contributed by atoms with van der Waals surface area (Å²) in [5, 5.41) is 3.41. The zero-order chi connectivity index (χ0) is 30.5. The summed E-state index contributed by atoms with van der Waals surface area (Å²) in [7, 11) is 0. The number of benzene rings is 6. The van der Waals surface area contributed by atoms with Crippen molar-refractivity contribution in [2.75, 3.05) is 0 Å². The van der Waals surface area contributed by atoms with Crippen LogP contribution in [0, 0.1) is 0 Å². The van der Waals surface area contributed by atoms with Crippen molar-refractivity contribution in [3.63, 3.8) is 0 Å². The van der Waals surface area contributed by atoms with Gasteiger partial charge in [-0.05, 0) is 41.5 Å². The van der Waals surface area contributed by atoms with E-state index >= 15 is 0 Å². The highest BCUT2D eigenvalue weighted by atomic mass is 32.1. The summed E-state index contributed by atoms with van der Waals surface area (Å²) in [6, 6.07) is 50.5. The van der Waals surface area contributed by atoms with E-state index in [0.29, 0.717) is 17.5 Å². The maximum absolute atomic E-state index is 5.05. The van der Waals surface area contributed by atoms with Crippen molar-refractivity contribution in [3.05, 3.63) is 146 Å². The Hall–Kier alpha value is -5.56. The molecule has 46 heavy (non-hydrogen) atoms. The van der Waals surface area contributed by atoms with E-state index in [0.717, 1.165) is 32.8 Å². The molecule has 6 aromatic carbocycles. The molecular formula is C40H24N4S2. The first-order chi connectivity index (χ1) is 22.8. The molecule has 0 atom stereocenters. The molecule has 0 N–H and O–H groups in total. The summed E-state index contributed by atoms with van der Waals surface area (Å²) in [6.07, 6.45) is 0. The molecule has 0 aliphatic carbocycles. The van der Waals surface area contributed by atoms with Gasteiger partial charge in [0.15, 0.2) is 17.5 Å². The number of thiazole rings is 1. The third kappa shape index (κ3) is 4.76. The molecule has 0 saturated heterocycles. The van der Waals surface area contributed by atoms with Gasteiger partial charge in [-0.3, -0.25) is 0 Å². The molecule has 0 spiro atoms. The molecule has 9 rings (SSSR count). The average molecular weight is 625 g/mol. The van der Waals surface area contributed by atoms with Crippen LogP contribution in [0.2, 0.25) is 0 Å². The summed E-state index contributed by atoms with van der Waals surface area (Å²) in [6.45, 7) is 0. The van der Waals surface area contributed by atoms with Crippen LogP contribution in [0.1, 0.15) is 0 Å². The zero-order valence-electron chi connectivity index (χ0n) is 24.5. The summed E-state index contributed by atoms with van der Waals surface area (Å²) in [5.74, 6) is 1.99. The van der Waals surface area contributed by atoms with E-state index < -0.39 is 0 Å². The minimum Gasteiger partial charge on any atom is -0.236 e. The monoisotopic (exact) mass is 624 g/mol. The Labute approximate surface area is 273 Å². The summed E-state index contributed by atoms with van der Waals surface area (Å²) in [5.41, 5.74) is 7.44. The fraction of sp³-hybridized carbons (Fsp3) is 0. The fourth-order valence-corrected chi connectivity index (χ4v) is 8.01. The second-order valence-electron chi connectivity index (χ2n) is 11.1. The van der Waals surface area contributed by atoms with Crippen molar-refractivity contribution in [2.24, 2.45) is 0 Å². The van der Waals surface area contributed by atoms with Crippen molar-refractivity contribution in [3.8, 4) is 55.9 Å². The standard InChI is InChI=1S/C40H24N4S2/c1-3-10-26(11-4-1)37-42-38(27-12-5-2-6-13-27)44-39(43-37)30-14-9-17-35-36(30)31-24-29(22-23-33(31)45-35)25-18-20-28(21-19-25)40-41-32-15-7-8-16-34(32)46-40/h1-24H. The van der Waals surface area contributed by atoms with Gasteiger partial charge in [-0.15, -0.1) is 22.7 Å². The number of fused-ring (bicyclic) bond motifs is 4. The second-order valence-corrected chi connectivity index (χ2v) is 13.2.